The molecule has 0 saturated carbocycles. The van der Waals surface area contributed by atoms with Crippen LogP contribution in [0.3, 0.4) is 0 Å². The summed E-state index contributed by atoms with van der Waals surface area (Å²) in [4.78, 5) is 23.7. The van der Waals surface area contributed by atoms with Crippen molar-refractivity contribution in [1.82, 2.24) is 10.2 Å². The predicted molar refractivity (Wildman–Crippen MR) is 60.7 cm³/mol. The minimum Gasteiger partial charge on any atom is -0.478 e. The first-order valence-corrected chi connectivity index (χ1v) is 5.29. The lowest BCUT2D eigenvalue weighted by molar-refractivity contribution is -0.122. The summed E-state index contributed by atoms with van der Waals surface area (Å²) in [5.74, 6) is -0.569. The van der Waals surface area contributed by atoms with Gasteiger partial charge in [-0.3, -0.25) is 9.69 Å². The smallest absolute Gasteiger partial charge is 0.338 e. The molecule has 0 radical (unpaired) electrons. The summed E-state index contributed by atoms with van der Waals surface area (Å²) >= 11 is 0. The summed E-state index contributed by atoms with van der Waals surface area (Å²) in [6, 6.07) is 1.45. The molecule has 0 aliphatic rings. The van der Waals surface area contributed by atoms with Crippen LogP contribution in [-0.2, 0) is 11.3 Å². The van der Waals surface area contributed by atoms with E-state index in [1.165, 1.54) is 12.3 Å². The van der Waals surface area contributed by atoms with Gasteiger partial charge in [0, 0.05) is 6.54 Å². The van der Waals surface area contributed by atoms with E-state index in [2.05, 4.69) is 5.32 Å². The third kappa shape index (κ3) is 4.28. The van der Waals surface area contributed by atoms with Crippen LogP contribution >= 0.6 is 0 Å². The summed E-state index contributed by atoms with van der Waals surface area (Å²) < 4.78 is 5.08. The van der Waals surface area contributed by atoms with Crippen LogP contribution in [0.25, 0.3) is 0 Å². The number of likely N-dealkylation sites (N-methyl/N-ethyl adjacent to an activating group) is 2. The van der Waals surface area contributed by atoms with Crippen molar-refractivity contribution in [1.29, 1.82) is 0 Å². The number of hydrogen-bond acceptors (Lipinski definition) is 4. The summed E-state index contributed by atoms with van der Waals surface area (Å²) in [5, 5.41) is 11.4. The number of carbonyl (C=O) groups excluding carboxylic acids is 1. The predicted octanol–water partition coefficient (Wildman–Crippen LogP) is 0.546. The van der Waals surface area contributed by atoms with Gasteiger partial charge in [0.1, 0.15) is 12.0 Å². The fourth-order valence-electron chi connectivity index (χ4n) is 1.40. The maximum Gasteiger partial charge on any atom is 0.338 e. The van der Waals surface area contributed by atoms with Gasteiger partial charge in [0.15, 0.2) is 0 Å². The van der Waals surface area contributed by atoms with Gasteiger partial charge in [-0.15, -0.1) is 0 Å². The first-order chi connectivity index (χ1) is 8.02. The maximum atomic E-state index is 11.3. The van der Waals surface area contributed by atoms with Gasteiger partial charge in [0.2, 0.25) is 5.91 Å². The maximum absolute atomic E-state index is 11.3. The van der Waals surface area contributed by atoms with Crippen molar-refractivity contribution in [3.8, 4) is 0 Å². The van der Waals surface area contributed by atoms with Crippen LogP contribution in [0.15, 0.2) is 16.7 Å². The van der Waals surface area contributed by atoms with Gasteiger partial charge in [-0.25, -0.2) is 4.79 Å². The number of amides is 1. The second-order valence-electron chi connectivity index (χ2n) is 3.73. The summed E-state index contributed by atoms with van der Waals surface area (Å²) in [5.41, 5.74) is 0.117. The van der Waals surface area contributed by atoms with Gasteiger partial charge in [-0.1, -0.05) is 0 Å². The molecule has 0 saturated heterocycles. The summed E-state index contributed by atoms with van der Waals surface area (Å²) in [7, 11) is 1.76. The Balaban J connectivity index is 2.47. The van der Waals surface area contributed by atoms with E-state index in [1.54, 1.807) is 11.9 Å². The molecule has 1 rings (SSSR count). The molecule has 1 aromatic heterocycles. The van der Waals surface area contributed by atoms with Gasteiger partial charge >= 0.3 is 5.97 Å². The number of hydrogen-bond donors (Lipinski definition) is 2. The van der Waals surface area contributed by atoms with E-state index in [1.807, 2.05) is 6.92 Å². The third-order valence-corrected chi connectivity index (χ3v) is 2.11. The molecule has 0 atom stereocenters. The van der Waals surface area contributed by atoms with Gasteiger partial charge in [0.05, 0.1) is 18.7 Å². The molecule has 0 spiro atoms. The van der Waals surface area contributed by atoms with E-state index in [0.29, 0.717) is 18.8 Å². The Hall–Kier alpha value is -1.82. The second-order valence-corrected chi connectivity index (χ2v) is 3.73. The van der Waals surface area contributed by atoms with E-state index in [4.69, 9.17) is 9.52 Å². The van der Waals surface area contributed by atoms with Gasteiger partial charge < -0.3 is 14.8 Å². The number of carbonyl (C=O) groups is 2. The molecule has 1 amide bonds. The quantitative estimate of drug-likeness (QED) is 0.758. The van der Waals surface area contributed by atoms with Crippen LogP contribution in [0.1, 0.15) is 23.0 Å². The minimum atomic E-state index is -1.02. The Morgan fingerprint density at radius 2 is 2.24 bits per heavy atom. The SMILES string of the molecule is CCNC(=O)CN(C)Cc1cc(C(=O)O)co1. The average Bonchev–Trinajstić information content (AvgIpc) is 2.66. The number of aromatic carboxylic acids is 1. The Labute approximate surface area is 99.2 Å². The molecule has 0 fully saturated rings. The van der Waals surface area contributed by atoms with E-state index >= 15 is 0 Å². The van der Waals surface area contributed by atoms with Gasteiger partial charge in [-0.05, 0) is 20.0 Å². The molecule has 0 unspecified atom stereocenters. The summed E-state index contributed by atoms with van der Waals surface area (Å²) in [6.07, 6.45) is 1.19. The molecule has 0 aliphatic carbocycles. The van der Waals surface area contributed by atoms with Crippen molar-refractivity contribution in [2.75, 3.05) is 20.1 Å². The number of furan rings is 1. The first-order valence-electron chi connectivity index (χ1n) is 5.29. The Morgan fingerprint density at radius 3 is 2.76 bits per heavy atom. The number of rotatable bonds is 6. The lowest BCUT2D eigenvalue weighted by Crippen LogP contribution is -2.34. The van der Waals surface area contributed by atoms with Gasteiger partial charge in [0.25, 0.3) is 0 Å². The number of nitrogens with one attached hydrogen (secondary N) is 1. The van der Waals surface area contributed by atoms with Crippen molar-refractivity contribution in [3.05, 3.63) is 23.7 Å². The zero-order valence-electron chi connectivity index (χ0n) is 9.90. The zero-order valence-corrected chi connectivity index (χ0v) is 9.90. The van der Waals surface area contributed by atoms with E-state index in [0.717, 1.165) is 0 Å². The van der Waals surface area contributed by atoms with Crippen LogP contribution < -0.4 is 5.32 Å². The average molecular weight is 240 g/mol. The van der Waals surface area contributed by atoms with Crippen molar-refractivity contribution in [2.45, 2.75) is 13.5 Å². The lowest BCUT2D eigenvalue weighted by Gasteiger charge is -2.13. The number of carboxylic acids is 1. The largest absolute Gasteiger partial charge is 0.478 e. The highest BCUT2D eigenvalue weighted by Gasteiger charge is 2.11. The van der Waals surface area contributed by atoms with E-state index in [-0.39, 0.29) is 18.0 Å². The molecule has 0 aromatic carbocycles. The molecule has 0 bridgehead atoms. The van der Waals surface area contributed by atoms with Crippen LogP contribution in [0.4, 0.5) is 0 Å². The molecule has 1 heterocycles. The Kier molecular flexibility index (Phi) is 4.71. The lowest BCUT2D eigenvalue weighted by atomic mass is 10.3. The Morgan fingerprint density at radius 1 is 1.53 bits per heavy atom. The molecule has 94 valence electrons. The van der Waals surface area contributed by atoms with Crippen molar-refractivity contribution in [3.63, 3.8) is 0 Å². The molecule has 0 aliphatic heterocycles. The highest BCUT2D eigenvalue weighted by Crippen LogP contribution is 2.09. The molecule has 6 heteroatoms. The van der Waals surface area contributed by atoms with Gasteiger partial charge in [-0.2, -0.15) is 0 Å². The fraction of sp³-hybridized carbons (Fsp3) is 0.455. The van der Waals surface area contributed by atoms with E-state index < -0.39 is 5.97 Å². The highest BCUT2D eigenvalue weighted by atomic mass is 16.4. The second kappa shape index (κ2) is 6.05. The molecule has 2 N–H and O–H groups in total. The zero-order chi connectivity index (χ0) is 12.8. The van der Waals surface area contributed by atoms with Crippen LogP contribution in [-0.4, -0.2) is 42.0 Å². The first kappa shape index (κ1) is 13.2. The van der Waals surface area contributed by atoms with Crippen LogP contribution in [0.5, 0.6) is 0 Å². The van der Waals surface area contributed by atoms with E-state index in [9.17, 15) is 9.59 Å². The van der Waals surface area contributed by atoms with Crippen molar-refractivity contribution < 1.29 is 19.1 Å². The Bertz CT molecular complexity index is 400. The molecular formula is C11H16N2O4. The number of nitrogens with zero attached hydrogens (tertiary/aromatic N) is 1. The van der Waals surface area contributed by atoms with Crippen LogP contribution in [0.2, 0.25) is 0 Å². The molecular weight excluding hydrogens is 224 g/mol. The minimum absolute atomic E-state index is 0.0694. The molecule has 1 aromatic rings. The fourth-order valence-corrected chi connectivity index (χ4v) is 1.40. The molecule has 6 nitrogen and oxygen atoms in total. The monoisotopic (exact) mass is 240 g/mol. The summed E-state index contributed by atoms with van der Waals surface area (Å²) in [6.45, 7) is 3.08. The normalized spacial score (nSPS) is 10.5. The third-order valence-electron chi connectivity index (χ3n) is 2.11. The van der Waals surface area contributed by atoms with Crippen LogP contribution in [0, 0.1) is 0 Å². The van der Waals surface area contributed by atoms with Crippen molar-refractivity contribution in [2.24, 2.45) is 0 Å². The standard InChI is InChI=1S/C11H16N2O4/c1-3-12-10(14)6-13(2)5-9-4-8(7-17-9)11(15)16/h4,7H,3,5-6H2,1-2H3,(H,12,14)(H,15,16). The highest BCUT2D eigenvalue weighted by molar-refractivity contribution is 5.87. The molecule has 17 heavy (non-hydrogen) atoms. The van der Waals surface area contributed by atoms with Crippen molar-refractivity contribution >= 4 is 11.9 Å². The topological polar surface area (TPSA) is 82.8 Å². The number of carboxylic acid groups (broad SMARTS) is 1.